The van der Waals surface area contributed by atoms with E-state index in [2.05, 4.69) is 15.0 Å². The Labute approximate surface area is 200 Å². The minimum atomic E-state index is -0.298. The SMILES string of the molecule is O=C(c1cn2ccccc2n1)N1CCCC(c2cc(-c3ccc(F)cc3)nn2-c2ncccn2)C1. The molecule has 9 heteroatoms. The lowest BCUT2D eigenvalue weighted by atomic mass is 9.93. The zero-order valence-corrected chi connectivity index (χ0v) is 18.8. The monoisotopic (exact) mass is 467 g/mol. The quantitative estimate of drug-likeness (QED) is 0.397. The second kappa shape index (κ2) is 8.75. The summed E-state index contributed by atoms with van der Waals surface area (Å²) in [6, 6.07) is 15.7. The Morgan fingerprint density at radius 3 is 2.66 bits per heavy atom. The second-order valence-corrected chi connectivity index (χ2v) is 8.60. The van der Waals surface area contributed by atoms with Crippen molar-refractivity contribution in [3.63, 3.8) is 0 Å². The summed E-state index contributed by atoms with van der Waals surface area (Å²) >= 11 is 0. The third-order valence-corrected chi connectivity index (χ3v) is 6.33. The van der Waals surface area contributed by atoms with Crippen LogP contribution in [0.1, 0.15) is 34.9 Å². The summed E-state index contributed by atoms with van der Waals surface area (Å²) in [7, 11) is 0. The third kappa shape index (κ3) is 4.05. The van der Waals surface area contributed by atoms with Crippen molar-refractivity contribution < 1.29 is 9.18 Å². The van der Waals surface area contributed by atoms with Gasteiger partial charge in [0.15, 0.2) is 0 Å². The van der Waals surface area contributed by atoms with Crippen molar-refractivity contribution in [1.29, 1.82) is 0 Å². The number of carbonyl (C=O) groups is 1. The first kappa shape index (κ1) is 21.2. The largest absolute Gasteiger partial charge is 0.337 e. The molecule has 35 heavy (non-hydrogen) atoms. The van der Waals surface area contributed by atoms with Crippen molar-refractivity contribution in [3.05, 3.63) is 96.6 Å². The number of benzene rings is 1. The molecular formula is C26H22FN7O. The molecule has 0 saturated carbocycles. The molecule has 0 N–H and O–H groups in total. The highest BCUT2D eigenvalue weighted by molar-refractivity contribution is 5.93. The molecule has 1 fully saturated rings. The van der Waals surface area contributed by atoms with Crippen LogP contribution in [0.25, 0.3) is 22.9 Å². The number of hydrogen-bond donors (Lipinski definition) is 0. The van der Waals surface area contributed by atoms with E-state index < -0.39 is 0 Å². The summed E-state index contributed by atoms with van der Waals surface area (Å²) in [5.41, 5.74) is 3.60. The molecule has 6 rings (SSSR count). The number of amides is 1. The lowest BCUT2D eigenvalue weighted by Crippen LogP contribution is -2.39. The van der Waals surface area contributed by atoms with Crippen LogP contribution in [0.15, 0.2) is 79.4 Å². The van der Waals surface area contributed by atoms with E-state index in [1.807, 2.05) is 39.8 Å². The molecule has 0 aliphatic carbocycles. The first-order chi connectivity index (χ1) is 17.2. The zero-order valence-electron chi connectivity index (χ0n) is 18.8. The molecule has 1 amide bonds. The molecule has 5 heterocycles. The Kier molecular flexibility index (Phi) is 5.29. The zero-order chi connectivity index (χ0) is 23.8. The van der Waals surface area contributed by atoms with Crippen LogP contribution in [0, 0.1) is 5.82 Å². The van der Waals surface area contributed by atoms with E-state index in [4.69, 9.17) is 5.10 Å². The first-order valence-electron chi connectivity index (χ1n) is 11.5. The molecular weight excluding hydrogens is 445 g/mol. The van der Waals surface area contributed by atoms with Crippen LogP contribution in [-0.2, 0) is 0 Å². The molecule has 1 aliphatic rings. The fourth-order valence-electron chi connectivity index (χ4n) is 4.61. The summed E-state index contributed by atoms with van der Waals surface area (Å²) in [6.45, 7) is 1.21. The highest BCUT2D eigenvalue weighted by Crippen LogP contribution is 2.32. The van der Waals surface area contributed by atoms with Gasteiger partial charge in [-0.3, -0.25) is 4.79 Å². The molecule has 0 radical (unpaired) electrons. The van der Waals surface area contributed by atoms with Gasteiger partial charge in [-0.05, 0) is 61.4 Å². The van der Waals surface area contributed by atoms with Crippen molar-refractivity contribution in [3.8, 4) is 17.2 Å². The molecule has 4 aromatic heterocycles. The normalized spacial score (nSPS) is 16.0. The highest BCUT2D eigenvalue weighted by atomic mass is 19.1. The third-order valence-electron chi connectivity index (χ3n) is 6.33. The topological polar surface area (TPSA) is 81.2 Å². The van der Waals surface area contributed by atoms with E-state index in [0.717, 1.165) is 29.7 Å². The van der Waals surface area contributed by atoms with E-state index in [0.29, 0.717) is 30.4 Å². The fourth-order valence-corrected chi connectivity index (χ4v) is 4.61. The van der Waals surface area contributed by atoms with Crippen LogP contribution < -0.4 is 0 Å². The summed E-state index contributed by atoms with van der Waals surface area (Å²) in [6.07, 6.45) is 8.76. The number of halogens is 1. The Morgan fingerprint density at radius 2 is 1.86 bits per heavy atom. The molecule has 1 unspecified atom stereocenters. The summed E-state index contributed by atoms with van der Waals surface area (Å²) < 4.78 is 17.1. The Balaban J connectivity index is 1.33. The number of nitrogens with zero attached hydrogens (tertiary/aromatic N) is 7. The maximum absolute atomic E-state index is 13.5. The van der Waals surface area contributed by atoms with Crippen molar-refractivity contribution in [2.75, 3.05) is 13.1 Å². The summed E-state index contributed by atoms with van der Waals surface area (Å²) in [5, 5.41) is 4.76. The molecule has 174 valence electrons. The smallest absolute Gasteiger partial charge is 0.274 e. The van der Waals surface area contributed by atoms with Gasteiger partial charge in [-0.1, -0.05) is 6.07 Å². The van der Waals surface area contributed by atoms with Gasteiger partial charge in [0.2, 0.25) is 0 Å². The predicted octanol–water partition coefficient (Wildman–Crippen LogP) is 4.14. The van der Waals surface area contributed by atoms with Gasteiger partial charge < -0.3 is 9.30 Å². The highest BCUT2D eigenvalue weighted by Gasteiger charge is 2.30. The number of hydrogen-bond acceptors (Lipinski definition) is 5. The van der Waals surface area contributed by atoms with Gasteiger partial charge in [-0.15, -0.1) is 0 Å². The van der Waals surface area contributed by atoms with Crippen LogP contribution in [0.2, 0.25) is 0 Å². The number of pyridine rings is 1. The van der Waals surface area contributed by atoms with Crippen LogP contribution in [0.4, 0.5) is 4.39 Å². The average Bonchev–Trinajstić information content (AvgIpc) is 3.54. The Hall–Kier alpha value is -4.40. The van der Waals surface area contributed by atoms with Crippen molar-refractivity contribution in [1.82, 2.24) is 34.0 Å². The van der Waals surface area contributed by atoms with Crippen LogP contribution in [-0.4, -0.2) is 53.0 Å². The van der Waals surface area contributed by atoms with E-state index >= 15 is 0 Å². The molecule has 1 saturated heterocycles. The number of imidazole rings is 1. The number of carbonyl (C=O) groups excluding carboxylic acids is 1. The number of fused-ring (bicyclic) bond motifs is 1. The van der Waals surface area contributed by atoms with Gasteiger partial charge in [-0.2, -0.15) is 5.10 Å². The maximum atomic E-state index is 13.5. The van der Waals surface area contributed by atoms with Crippen molar-refractivity contribution >= 4 is 11.6 Å². The number of likely N-dealkylation sites (tertiary alicyclic amines) is 1. The van der Waals surface area contributed by atoms with Crippen LogP contribution in [0.3, 0.4) is 0 Å². The fraction of sp³-hybridized carbons (Fsp3) is 0.192. The van der Waals surface area contributed by atoms with Crippen LogP contribution >= 0.6 is 0 Å². The molecule has 8 nitrogen and oxygen atoms in total. The predicted molar refractivity (Wildman–Crippen MR) is 128 cm³/mol. The van der Waals surface area contributed by atoms with E-state index in [9.17, 15) is 9.18 Å². The molecule has 0 bridgehead atoms. The lowest BCUT2D eigenvalue weighted by Gasteiger charge is -2.32. The summed E-state index contributed by atoms with van der Waals surface area (Å²) in [4.78, 5) is 28.5. The molecule has 0 spiro atoms. The Bertz CT molecular complexity index is 1460. The van der Waals surface area contributed by atoms with E-state index in [-0.39, 0.29) is 17.6 Å². The summed E-state index contributed by atoms with van der Waals surface area (Å²) in [5.74, 6) is 0.113. The van der Waals surface area contributed by atoms with Gasteiger partial charge in [0.1, 0.15) is 17.2 Å². The van der Waals surface area contributed by atoms with Gasteiger partial charge in [0.05, 0.1) is 11.4 Å². The minimum Gasteiger partial charge on any atom is -0.337 e. The van der Waals surface area contributed by atoms with Gasteiger partial charge in [0, 0.05) is 49.4 Å². The number of rotatable bonds is 4. The van der Waals surface area contributed by atoms with Crippen LogP contribution in [0.5, 0.6) is 0 Å². The standard InChI is InChI=1S/C26H22FN7O/c27-20-9-7-18(8-10-20)21-15-23(34(31-21)26-28-11-4-12-29-26)19-5-3-14-33(16-19)25(35)22-17-32-13-2-1-6-24(32)30-22/h1-2,4,6-13,15,17,19H,3,5,14,16H2. The molecule has 5 aromatic rings. The van der Waals surface area contributed by atoms with Gasteiger partial charge in [-0.25, -0.2) is 24.0 Å². The van der Waals surface area contributed by atoms with E-state index in [1.54, 1.807) is 41.5 Å². The van der Waals surface area contributed by atoms with Crippen molar-refractivity contribution in [2.24, 2.45) is 0 Å². The van der Waals surface area contributed by atoms with Crippen molar-refractivity contribution in [2.45, 2.75) is 18.8 Å². The van der Waals surface area contributed by atoms with Gasteiger partial charge >= 0.3 is 0 Å². The minimum absolute atomic E-state index is 0.0373. The average molecular weight is 468 g/mol. The molecule has 1 aliphatic heterocycles. The Morgan fingerprint density at radius 1 is 1.03 bits per heavy atom. The lowest BCUT2D eigenvalue weighted by molar-refractivity contribution is 0.0699. The number of aromatic nitrogens is 6. The maximum Gasteiger partial charge on any atom is 0.274 e. The van der Waals surface area contributed by atoms with Gasteiger partial charge in [0.25, 0.3) is 11.9 Å². The second-order valence-electron chi connectivity index (χ2n) is 8.60. The molecule has 1 atom stereocenters. The number of piperidine rings is 1. The van der Waals surface area contributed by atoms with E-state index in [1.165, 1.54) is 12.1 Å². The first-order valence-corrected chi connectivity index (χ1v) is 11.5. The molecule has 1 aromatic carbocycles.